The van der Waals surface area contributed by atoms with Gasteiger partial charge in [0.1, 0.15) is 0 Å². The zero-order chi connectivity index (χ0) is 14.7. The lowest BCUT2D eigenvalue weighted by Gasteiger charge is -2.15. The van der Waals surface area contributed by atoms with Gasteiger partial charge in [-0.1, -0.05) is 17.7 Å². The van der Waals surface area contributed by atoms with E-state index in [-0.39, 0.29) is 0 Å². The number of nitrogens with zero attached hydrogens (tertiary/aromatic N) is 1. The van der Waals surface area contributed by atoms with E-state index in [1.165, 1.54) is 6.07 Å². The first-order chi connectivity index (χ1) is 9.47. The molecule has 2 aromatic rings. The van der Waals surface area contributed by atoms with E-state index >= 15 is 0 Å². The van der Waals surface area contributed by atoms with Gasteiger partial charge in [-0.15, -0.1) is 0 Å². The molecule has 0 aliphatic carbocycles. The summed E-state index contributed by atoms with van der Waals surface area (Å²) in [5, 5.41) is 3.75. The molecule has 0 atom stereocenters. The molecule has 0 amide bonds. The predicted octanol–water partition coefficient (Wildman–Crippen LogP) is 4.30. The molecule has 5 heteroatoms. The maximum Gasteiger partial charge on any atom is 0.159 e. The molecule has 1 N–H and O–H groups in total. The molecule has 0 saturated heterocycles. The number of hydrogen-bond donors (Lipinski definition) is 1. The summed E-state index contributed by atoms with van der Waals surface area (Å²) in [5.41, 5.74) is 2.41. The lowest BCUT2D eigenvalue weighted by Crippen LogP contribution is -2.09. The zero-order valence-electron chi connectivity index (χ0n) is 11.3. The van der Waals surface area contributed by atoms with E-state index in [4.69, 9.17) is 11.6 Å². The fraction of sp³-hybridized carbons (Fsp3) is 0.200. The number of rotatable bonds is 4. The highest BCUT2D eigenvalue weighted by Gasteiger charge is 2.05. The molecule has 106 valence electrons. The third kappa shape index (κ3) is 3.39. The second-order valence-electron chi connectivity index (χ2n) is 4.66. The minimum atomic E-state index is -0.842. The zero-order valence-corrected chi connectivity index (χ0v) is 12.0. The van der Waals surface area contributed by atoms with Crippen LogP contribution in [0.5, 0.6) is 0 Å². The van der Waals surface area contributed by atoms with Crippen LogP contribution in [0.3, 0.4) is 0 Å². The van der Waals surface area contributed by atoms with Crippen LogP contribution >= 0.6 is 11.6 Å². The van der Waals surface area contributed by atoms with E-state index in [0.717, 1.165) is 17.4 Å². The number of nitrogens with one attached hydrogen (secondary N) is 1. The van der Waals surface area contributed by atoms with Gasteiger partial charge in [-0.2, -0.15) is 0 Å². The van der Waals surface area contributed by atoms with E-state index in [9.17, 15) is 8.78 Å². The van der Waals surface area contributed by atoms with E-state index < -0.39 is 11.6 Å². The second-order valence-corrected chi connectivity index (χ2v) is 5.07. The van der Waals surface area contributed by atoms with Gasteiger partial charge in [-0.05, 0) is 35.9 Å². The van der Waals surface area contributed by atoms with Crippen LogP contribution in [0.4, 0.5) is 20.2 Å². The van der Waals surface area contributed by atoms with Crippen molar-refractivity contribution in [1.29, 1.82) is 0 Å². The average Bonchev–Trinajstić information content (AvgIpc) is 2.40. The molecular weight excluding hydrogens is 282 g/mol. The van der Waals surface area contributed by atoms with Crippen molar-refractivity contribution in [3.8, 4) is 0 Å². The Kier molecular flexibility index (Phi) is 4.45. The Morgan fingerprint density at radius 1 is 1.05 bits per heavy atom. The highest BCUT2D eigenvalue weighted by molar-refractivity contribution is 6.33. The Hall–Kier alpha value is -1.81. The molecular formula is C15H15ClF2N2. The third-order valence-corrected chi connectivity index (χ3v) is 3.21. The van der Waals surface area contributed by atoms with Crippen LogP contribution in [0.15, 0.2) is 36.4 Å². The van der Waals surface area contributed by atoms with Gasteiger partial charge < -0.3 is 10.2 Å². The smallest absolute Gasteiger partial charge is 0.159 e. The van der Waals surface area contributed by atoms with Crippen LogP contribution in [0.1, 0.15) is 5.56 Å². The van der Waals surface area contributed by atoms with Gasteiger partial charge in [0.2, 0.25) is 0 Å². The van der Waals surface area contributed by atoms with Crippen LogP contribution < -0.4 is 10.2 Å². The van der Waals surface area contributed by atoms with Gasteiger partial charge in [0.25, 0.3) is 0 Å². The molecule has 2 nitrogen and oxygen atoms in total. The summed E-state index contributed by atoms with van der Waals surface area (Å²) in [6, 6.07) is 9.43. The van der Waals surface area contributed by atoms with Crippen molar-refractivity contribution in [1.82, 2.24) is 0 Å². The van der Waals surface area contributed by atoms with E-state index in [1.54, 1.807) is 12.1 Å². The molecule has 0 aliphatic heterocycles. The standard InChI is InChI=1S/C15H15ClF2N2/c1-20(2)15-6-4-11(8-12(15)16)19-9-10-3-5-13(17)14(18)7-10/h3-8,19H,9H2,1-2H3. The largest absolute Gasteiger partial charge is 0.381 e. The van der Waals surface area contributed by atoms with E-state index in [0.29, 0.717) is 17.1 Å². The number of benzene rings is 2. The number of halogens is 3. The predicted molar refractivity (Wildman–Crippen MR) is 79.5 cm³/mol. The fourth-order valence-electron chi connectivity index (χ4n) is 1.83. The Balaban J connectivity index is 2.07. The van der Waals surface area contributed by atoms with Crippen LogP contribution in [0, 0.1) is 11.6 Å². The van der Waals surface area contributed by atoms with Crippen LogP contribution in [-0.4, -0.2) is 14.1 Å². The van der Waals surface area contributed by atoms with E-state index in [1.807, 2.05) is 31.1 Å². The molecule has 0 fully saturated rings. The van der Waals surface area contributed by atoms with Crippen LogP contribution in [0.25, 0.3) is 0 Å². The molecule has 0 aliphatic rings. The Morgan fingerprint density at radius 3 is 2.40 bits per heavy atom. The Bertz CT molecular complexity index is 615. The minimum Gasteiger partial charge on any atom is -0.381 e. The van der Waals surface area contributed by atoms with Gasteiger partial charge in [-0.25, -0.2) is 8.78 Å². The van der Waals surface area contributed by atoms with Crippen molar-refractivity contribution in [2.45, 2.75) is 6.54 Å². The Morgan fingerprint density at radius 2 is 1.80 bits per heavy atom. The SMILES string of the molecule is CN(C)c1ccc(NCc2ccc(F)c(F)c2)cc1Cl. The molecule has 0 bridgehead atoms. The van der Waals surface area contributed by atoms with Crippen molar-refractivity contribution in [2.24, 2.45) is 0 Å². The Labute approximate surface area is 122 Å². The molecule has 0 saturated carbocycles. The van der Waals surface area contributed by atoms with Crippen molar-refractivity contribution in [3.63, 3.8) is 0 Å². The van der Waals surface area contributed by atoms with Crippen LogP contribution in [0.2, 0.25) is 5.02 Å². The van der Waals surface area contributed by atoms with Gasteiger partial charge in [0, 0.05) is 26.3 Å². The topological polar surface area (TPSA) is 15.3 Å². The van der Waals surface area contributed by atoms with Crippen molar-refractivity contribution < 1.29 is 8.78 Å². The third-order valence-electron chi connectivity index (χ3n) is 2.91. The molecule has 0 radical (unpaired) electrons. The van der Waals surface area contributed by atoms with Gasteiger partial charge in [-0.3, -0.25) is 0 Å². The number of anilines is 2. The summed E-state index contributed by atoms with van der Waals surface area (Å²) in [7, 11) is 3.82. The highest BCUT2D eigenvalue weighted by atomic mass is 35.5. The quantitative estimate of drug-likeness (QED) is 0.905. The van der Waals surface area contributed by atoms with Gasteiger partial charge in [0.05, 0.1) is 10.7 Å². The number of hydrogen-bond acceptors (Lipinski definition) is 2. The fourth-order valence-corrected chi connectivity index (χ4v) is 2.18. The lowest BCUT2D eigenvalue weighted by molar-refractivity contribution is 0.507. The maximum atomic E-state index is 13.1. The monoisotopic (exact) mass is 296 g/mol. The molecule has 0 spiro atoms. The summed E-state index contributed by atoms with van der Waals surface area (Å²) in [6.07, 6.45) is 0. The first-order valence-electron chi connectivity index (χ1n) is 6.12. The second kappa shape index (κ2) is 6.09. The summed E-state index contributed by atoms with van der Waals surface area (Å²) >= 11 is 6.16. The highest BCUT2D eigenvalue weighted by Crippen LogP contribution is 2.27. The summed E-state index contributed by atoms with van der Waals surface area (Å²) in [6.45, 7) is 0.398. The lowest BCUT2D eigenvalue weighted by atomic mass is 10.2. The van der Waals surface area contributed by atoms with Crippen molar-refractivity contribution >= 4 is 23.0 Å². The summed E-state index contributed by atoms with van der Waals surface area (Å²) in [5.74, 6) is -1.68. The summed E-state index contributed by atoms with van der Waals surface area (Å²) < 4.78 is 25.9. The van der Waals surface area contributed by atoms with E-state index in [2.05, 4.69) is 5.32 Å². The van der Waals surface area contributed by atoms with Gasteiger partial charge >= 0.3 is 0 Å². The summed E-state index contributed by atoms with van der Waals surface area (Å²) in [4.78, 5) is 1.92. The van der Waals surface area contributed by atoms with Crippen molar-refractivity contribution in [3.05, 3.63) is 58.6 Å². The molecule has 0 unspecified atom stereocenters. The van der Waals surface area contributed by atoms with Gasteiger partial charge in [0.15, 0.2) is 11.6 Å². The molecule has 2 aromatic carbocycles. The minimum absolute atomic E-state index is 0.398. The average molecular weight is 297 g/mol. The molecule has 0 heterocycles. The first kappa shape index (κ1) is 14.6. The molecule has 20 heavy (non-hydrogen) atoms. The normalized spacial score (nSPS) is 10.4. The van der Waals surface area contributed by atoms with Crippen molar-refractivity contribution in [2.75, 3.05) is 24.3 Å². The molecule has 2 rings (SSSR count). The maximum absolute atomic E-state index is 13.1. The first-order valence-corrected chi connectivity index (χ1v) is 6.50. The molecule has 0 aromatic heterocycles. The van der Waals surface area contributed by atoms with Crippen LogP contribution in [-0.2, 0) is 6.54 Å².